The highest BCUT2D eigenvalue weighted by molar-refractivity contribution is 7.90. The number of nitrogens with one attached hydrogen (secondary N) is 2. The molecule has 4 rings (SSSR count). The van der Waals surface area contributed by atoms with Gasteiger partial charge in [0.15, 0.2) is 0 Å². The molecule has 2 aromatic heterocycles. The summed E-state index contributed by atoms with van der Waals surface area (Å²) in [6, 6.07) is 14.9. The maximum Gasteiger partial charge on any atom is 0.282 e. The van der Waals surface area contributed by atoms with Crippen molar-refractivity contribution in [2.24, 2.45) is 0 Å². The average molecular weight is 482 g/mol. The molecule has 0 fully saturated rings. The first kappa shape index (κ1) is 23.4. The molecule has 0 spiro atoms. The molecule has 0 aliphatic heterocycles. The molecule has 0 unspecified atom stereocenters. The van der Waals surface area contributed by atoms with Crippen molar-refractivity contribution in [3.8, 4) is 11.1 Å². The van der Waals surface area contributed by atoms with Gasteiger partial charge in [-0.3, -0.25) is 9.59 Å². The Labute approximate surface area is 196 Å². The normalized spacial score (nSPS) is 11.6. The largest absolute Gasteiger partial charge is 0.331 e. The predicted molar refractivity (Wildman–Crippen MR) is 130 cm³/mol. The van der Waals surface area contributed by atoms with Crippen LogP contribution in [-0.2, 0) is 23.0 Å². The molecular weight excluding hydrogens is 457 g/mol. The molecule has 0 aliphatic rings. The molecule has 2 aromatic carbocycles. The smallest absolute Gasteiger partial charge is 0.282 e. The third-order valence-corrected chi connectivity index (χ3v) is 7.01. The van der Waals surface area contributed by atoms with Crippen molar-refractivity contribution in [2.75, 3.05) is 5.75 Å². The van der Waals surface area contributed by atoms with E-state index < -0.39 is 27.3 Å². The van der Waals surface area contributed by atoms with Crippen LogP contribution in [0.2, 0.25) is 0 Å². The molecule has 0 radical (unpaired) electrons. The van der Waals surface area contributed by atoms with E-state index in [2.05, 4.69) is 9.71 Å². The first-order valence-corrected chi connectivity index (χ1v) is 12.5. The lowest BCUT2D eigenvalue weighted by Gasteiger charge is -2.13. The standard InChI is InChI=1S/C25H24FN3O4S/c1-3-16-11-12-21-19(14-16)22(18-9-7-13-27-24(18)30)23(25(31)28-34(32,33)4-2)29(21)15-17-8-5-6-10-20(17)26/h5-14H,3-4,15H2,1-2H3,(H,27,30)(H,28,31). The third kappa shape index (κ3) is 4.38. The highest BCUT2D eigenvalue weighted by atomic mass is 32.2. The number of aromatic nitrogens is 2. The summed E-state index contributed by atoms with van der Waals surface area (Å²) in [6.45, 7) is 3.36. The molecule has 0 bridgehead atoms. The summed E-state index contributed by atoms with van der Waals surface area (Å²) in [7, 11) is -3.90. The van der Waals surface area contributed by atoms with Crippen molar-refractivity contribution >= 4 is 26.8 Å². The van der Waals surface area contributed by atoms with Gasteiger partial charge in [0.05, 0.1) is 12.3 Å². The van der Waals surface area contributed by atoms with Gasteiger partial charge in [-0.25, -0.2) is 17.5 Å². The van der Waals surface area contributed by atoms with Gasteiger partial charge < -0.3 is 9.55 Å². The van der Waals surface area contributed by atoms with Crippen LogP contribution in [0.3, 0.4) is 0 Å². The van der Waals surface area contributed by atoms with Crippen LogP contribution in [0, 0.1) is 5.82 Å². The van der Waals surface area contributed by atoms with Crippen LogP contribution >= 0.6 is 0 Å². The molecule has 176 valence electrons. The van der Waals surface area contributed by atoms with Gasteiger partial charge in [0.2, 0.25) is 10.0 Å². The summed E-state index contributed by atoms with van der Waals surface area (Å²) in [5.74, 6) is -1.64. The summed E-state index contributed by atoms with van der Waals surface area (Å²) < 4.78 is 42.8. The number of hydrogen-bond acceptors (Lipinski definition) is 4. The maximum absolute atomic E-state index is 14.6. The molecule has 34 heavy (non-hydrogen) atoms. The SMILES string of the molecule is CCc1ccc2c(c1)c(-c1ccc[nH]c1=O)c(C(=O)NS(=O)(=O)CC)n2Cc1ccccc1F. The number of sulfonamides is 1. The van der Waals surface area contributed by atoms with Crippen molar-refractivity contribution in [1.82, 2.24) is 14.3 Å². The number of pyridine rings is 1. The fourth-order valence-corrected chi connectivity index (χ4v) is 4.50. The monoisotopic (exact) mass is 481 g/mol. The summed E-state index contributed by atoms with van der Waals surface area (Å²) in [6.07, 6.45) is 2.19. The molecule has 1 amide bonds. The van der Waals surface area contributed by atoms with E-state index in [9.17, 15) is 22.4 Å². The fraction of sp³-hybridized carbons (Fsp3) is 0.200. The van der Waals surface area contributed by atoms with Crippen LogP contribution in [0.1, 0.15) is 35.5 Å². The van der Waals surface area contributed by atoms with Crippen LogP contribution < -0.4 is 10.3 Å². The first-order valence-electron chi connectivity index (χ1n) is 10.9. The number of amides is 1. The lowest BCUT2D eigenvalue weighted by Crippen LogP contribution is -2.33. The zero-order chi connectivity index (χ0) is 24.5. The van der Waals surface area contributed by atoms with E-state index in [1.54, 1.807) is 41.0 Å². The highest BCUT2D eigenvalue weighted by Crippen LogP contribution is 2.35. The molecule has 0 saturated carbocycles. The van der Waals surface area contributed by atoms with Gasteiger partial charge in [0.25, 0.3) is 11.5 Å². The zero-order valence-corrected chi connectivity index (χ0v) is 19.6. The van der Waals surface area contributed by atoms with Crippen molar-refractivity contribution < 1.29 is 17.6 Å². The number of aryl methyl sites for hydroxylation is 1. The van der Waals surface area contributed by atoms with Crippen LogP contribution in [0.15, 0.2) is 65.6 Å². The van der Waals surface area contributed by atoms with E-state index in [0.717, 1.165) is 5.56 Å². The Morgan fingerprint density at radius 2 is 1.85 bits per heavy atom. The highest BCUT2D eigenvalue weighted by Gasteiger charge is 2.28. The summed E-state index contributed by atoms with van der Waals surface area (Å²) >= 11 is 0. The quantitative estimate of drug-likeness (QED) is 0.419. The van der Waals surface area contributed by atoms with E-state index in [0.29, 0.717) is 28.5 Å². The second-order valence-corrected chi connectivity index (χ2v) is 9.86. The Balaban J connectivity index is 2.10. The van der Waals surface area contributed by atoms with E-state index in [1.807, 2.05) is 19.1 Å². The van der Waals surface area contributed by atoms with E-state index >= 15 is 0 Å². The van der Waals surface area contributed by atoms with Crippen LogP contribution in [0.4, 0.5) is 4.39 Å². The molecule has 7 nitrogen and oxygen atoms in total. The van der Waals surface area contributed by atoms with Gasteiger partial charge in [-0.05, 0) is 49.2 Å². The number of hydrogen-bond donors (Lipinski definition) is 2. The topological polar surface area (TPSA) is 101 Å². The molecule has 9 heteroatoms. The minimum Gasteiger partial charge on any atom is -0.331 e. The second kappa shape index (κ2) is 9.26. The van der Waals surface area contributed by atoms with Crippen molar-refractivity contribution in [3.63, 3.8) is 0 Å². The van der Waals surface area contributed by atoms with Gasteiger partial charge in [-0.15, -0.1) is 0 Å². The number of fused-ring (bicyclic) bond motifs is 1. The average Bonchev–Trinajstić information content (AvgIpc) is 3.13. The number of rotatable bonds is 7. The van der Waals surface area contributed by atoms with Crippen LogP contribution in [0.5, 0.6) is 0 Å². The van der Waals surface area contributed by atoms with Gasteiger partial charge >= 0.3 is 0 Å². The number of carbonyl (C=O) groups is 1. The number of nitrogens with zero attached hydrogens (tertiary/aromatic N) is 1. The molecule has 4 aromatic rings. The fourth-order valence-electron chi connectivity index (χ4n) is 3.97. The molecular formula is C25H24FN3O4S. The number of aromatic amines is 1. The summed E-state index contributed by atoms with van der Waals surface area (Å²) in [5, 5.41) is 0.603. The van der Waals surface area contributed by atoms with E-state index in [4.69, 9.17) is 0 Å². The summed E-state index contributed by atoms with van der Waals surface area (Å²) in [4.78, 5) is 28.8. The first-order chi connectivity index (χ1) is 16.3. The minimum atomic E-state index is -3.90. The van der Waals surface area contributed by atoms with Gasteiger partial charge in [-0.2, -0.15) is 0 Å². The zero-order valence-electron chi connectivity index (χ0n) is 18.8. The Kier molecular flexibility index (Phi) is 6.39. The van der Waals surface area contributed by atoms with E-state index in [-0.39, 0.29) is 23.6 Å². The third-order valence-electron chi connectivity index (χ3n) is 5.75. The van der Waals surface area contributed by atoms with Crippen molar-refractivity contribution in [1.29, 1.82) is 0 Å². The molecule has 2 N–H and O–H groups in total. The second-order valence-electron chi connectivity index (χ2n) is 7.85. The number of H-pyrrole nitrogens is 1. The van der Waals surface area contributed by atoms with Gasteiger partial charge in [-0.1, -0.05) is 31.2 Å². The van der Waals surface area contributed by atoms with Crippen LogP contribution in [0.25, 0.3) is 22.0 Å². The number of benzene rings is 2. The number of carbonyl (C=O) groups excluding carboxylic acids is 1. The maximum atomic E-state index is 14.6. The molecule has 0 aliphatic carbocycles. The molecule has 0 atom stereocenters. The molecule has 2 heterocycles. The Bertz CT molecular complexity index is 1550. The minimum absolute atomic E-state index is 0.0276. The predicted octanol–water partition coefficient (Wildman–Crippen LogP) is 3.83. The van der Waals surface area contributed by atoms with Crippen molar-refractivity contribution in [3.05, 3.63) is 93.8 Å². The Morgan fingerprint density at radius 3 is 2.53 bits per heavy atom. The number of halogens is 1. The lowest BCUT2D eigenvalue weighted by molar-refractivity contribution is 0.0974. The Hall–Kier alpha value is -3.72. The Morgan fingerprint density at radius 1 is 1.09 bits per heavy atom. The van der Waals surface area contributed by atoms with Crippen LogP contribution in [-0.4, -0.2) is 29.6 Å². The van der Waals surface area contributed by atoms with Crippen molar-refractivity contribution in [2.45, 2.75) is 26.8 Å². The summed E-state index contributed by atoms with van der Waals surface area (Å²) in [5.41, 5.74) is 1.93. The van der Waals surface area contributed by atoms with Gasteiger partial charge in [0.1, 0.15) is 11.5 Å². The van der Waals surface area contributed by atoms with Gasteiger partial charge in [0, 0.05) is 33.8 Å². The molecule has 0 saturated heterocycles. The van der Waals surface area contributed by atoms with E-state index in [1.165, 1.54) is 19.2 Å². The lowest BCUT2D eigenvalue weighted by atomic mass is 10.0.